The Balaban J connectivity index is 0.000000186. The minimum atomic E-state index is -0.503. The summed E-state index contributed by atoms with van der Waals surface area (Å²) in [6, 6.07) is 8.56. The van der Waals surface area contributed by atoms with Crippen LogP contribution in [0.1, 0.15) is 5.56 Å². The van der Waals surface area contributed by atoms with Crippen molar-refractivity contribution in [2.24, 2.45) is 0 Å². The molecule has 1 aliphatic rings. The number of rotatable bonds is 6. The number of halogens is 3. The molecule has 5 aromatic rings. The molecule has 200 valence electrons. The van der Waals surface area contributed by atoms with Gasteiger partial charge in [-0.2, -0.15) is 0 Å². The quantitative estimate of drug-likeness (QED) is 0.0937. The molecule has 0 saturated heterocycles. The van der Waals surface area contributed by atoms with Crippen molar-refractivity contribution in [2.45, 2.75) is 6.42 Å². The normalized spacial score (nSPS) is 11.9. The van der Waals surface area contributed by atoms with Crippen LogP contribution in [0.15, 0.2) is 30.3 Å². The summed E-state index contributed by atoms with van der Waals surface area (Å²) in [5.41, 5.74) is 1.07. The van der Waals surface area contributed by atoms with Gasteiger partial charge in [0.15, 0.2) is 11.5 Å². The van der Waals surface area contributed by atoms with Crippen LogP contribution < -0.4 is 14.8 Å². The van der Waals surface area contributed by atoms with Gasteiger partial charge in [0.05, 0.1) is 20.6 Å². The summed E-state index contributed by atoms with van der Waals surface area (Å²) in [6.07, 6.45) is 0.714. The van der Waals surface area contributed by atoms with Crippen LogP contribution >= 0.6 is 57.5 Å². The third-order valence-electron chi connectivity index (χ3n) is 5.16. The molecule has 1 aliphatic heterocycles. The first kappa shape index (κ1) is 27.0. The van der Waals surface area contributed by atoms with Crippen molar-refractivity contribution in [3.05, 3.63) is 71.8 Å². The van der Waals surface area contributed by atoms with E-state index in [1.54, 1.807) is 0 Å². The molecule has 0 saturated carbocycles. The summed E-state index contributed by atoms with van der Waals surface area (Å²) in [7, 11) is 0. The number of nitrogens with one attached hydrogen (secondary N) is 1. The molecule has 6 rings (SSSR count). The van der Waals surface area contributed by atoms with Crippen molar-refractivity contribution in [3.8, 4) is 11.5 Å². The Hall–Kier alpha value is -3.63. The van der Waals surface area contributed by atoms with E-state index in [1.807, 2.05) is 18.2 Å². The molecule has 1 aromatic carbocycles. The number of fused-ring (bicyclic) bond motifs is 3. The summed E-state index contributed by atoms with van der Waals surface area (Å²) in [5, 5.41) is 25.8. The van der Waals surface area contributed by atoms with Crippen molar-refractivity contribution in [2.75, 3.05) is 18.7 Å². The zero-order chi connectivity index (χ0) is 27.7. The highest BCUT2D eigenvalue weighted by atomic mass is 35.5. The van der Waals surface area contributed by atoms with E-state index < -0.39 is 9.85 Å². The lowest BCUT2D eigenvalue weighted by atomic mass is 10.1. The van der Waals surface area contributed by atoms with Gasteiger partial charge in [0, 0.05) is 18.7 Å². The third kappa shape index (κ3) is 6.02. The molecule has 5 heterocycles. The molecule has 0 aliphatic carbocycles. The molecule has 0 atom stereocenters. The Morgan fingerprint density at radius 3 is 2.15 bits per heavy atom. The average molecular weight is 629 g/mol. The molecular formula is C21H12Cl3N7O6S2. The minimum Gasteiger partial charge on any atom is -0.454 e. The van der Waals surface area contributed by atoms with Crippen LogP contribution in [0.3, 0.4) is 0 Å². The molecule has 0 radical (unpaired) electrons. The number of nitro groups is 2. The average Bonchev–Trinajstić information content (AvgIpc) is 3.62. The molecular weight excluding hydrogens is 617 g/mol. The van der Waals surface area contributed by atoms with Gasteiger partial charge in [0.1, 0.15) is 20.6 Å². The predicted octanol–water partition coefficient (Wildman–Crippen LogP) is 6.54. The Kier molecular flexibility index (Phi) is 7.76. The smallest absolute Gasteiger partial charge is 0.326 e. The van der Waals surface area contributed by atoms with Crippen molar-refractivity contribution in [3.63, 3.8) is 0 Å². The van der Waals surface area contributed by atoms with Gasteiger partial charge in [-0.05, 0) is 70.0 Å². The SMILES string of the molecule is O=[N+]([O-])c1cc2c(Cl)nc(Cl)nc2s1.O=[N+]([O-])c1cc2c(NCCc3ccc4c(c3)OCO4)nc(Cl)nc2s1. The molecule has 18 heteroatoms. The number of ether oxygens (including phenoxy) is 2. The number of anilines is 1. The third-order valence-corrected chi connectivity index (χ3v) is 7.75. The van der Waals surface area contributed by atoms with Crippen molar-refractivity contribution >= 4 is 93.7 Å². The zero-order valence-electron chi connectivity index (χ0n) is 19.1. The number of aromatic nitrogens is 4. The van der Waals surface area contributed by atoms with Gasteiger partial charge in [-0.25, -0.2) is 19.9 Å². The molecule has 13 nitrogen and oxygen atoms in total. The van der Waals surface area contributed by atoms with Crippen LogP contribution in [0.4, 0.5) is 15.8 Å². The van der Waals surface area contributed by atoms with E-state index in [0.29, 0.717) is 39.2 Å². The Bertz CT molecular complexity index is 1750. The van der Waals surface area contributed by atoms with E-state index in [2.05, 4.69) is 25.3 Å². The molecule has 1 N–H and O–H groups in total. The van der Waals surface area contributed by atoms with Crippen molar-refractivity contribution in [1.29, 1.82) is 0 Å². The monoisotopic (exact) mass is 627 g/mol. The second-order valence-electron chi connectivity index (χ2n) is 7.61. The molecule has 39 heavy (non-hydrogen) atoms. The van der Waals surface area contributed by atoms with Gasteiger partial charge in [0.25, 0.3) is 0 Å². The fourth-order valence-corrected chi connectivity index (χ4v) is 5.92. The van der Waals surface area contributed by atoms with E-state index in [9.17, 15) is 20.2 Å². The number of hydrogen-bond acceptors (Lipinski definition) is 13. The largest absolute Gasteiger partial charge is 0.454 e. The summed E-state index contributed by atoms with van der Waals surface area (Å²) in [4.78, 5) is 37.1. The highest BCUT2D eigenvalue weighted by molar-refractivity contribution is 7.22. The maximum absolute atomic E-state index is 11.0. The zero-order valence-corrected chi connectivity index (χ0v) is 23.0. The van der Waals surface area contributed by atoms with Crippen LogP contribution in [0.25, 0.3) is 20.4 Å². The van der Waals surface area contributed by atoms with E-state index in [-0.39, 0.29) is 32.5 Å². The van der Waals surface area contributed by atoms with Crippen LogP contribution in [-0.2, 0) is 6.42 Å². The van der Waals surface area contributed by atoms with E-state index in [4.69, 9.17) is 44.3 Å². The number of nitrogens with zero attached hydrogens (tertiary/aromatic N) is 6. The Morgan fingerprint density at radius 2 is 1.46 bits per heavy atom. The van der Waals surface area contributed by atoms with Gasteiger partial charge in [-0.3, -0.25) is 20.2 Å². The second kappa shape index (κ2) is 11.2. The first-order valence-corrected chi connectivity index (χ1v) is 13.5. The van der Waals surface area contributed by atoms with Crippen molar-refractivity contribution in [1.82, 2.24) is 19.9 Å². The van der Waals surface area contributed by atoms with Gasteiger partial charge < -0.3 is 14.8 Å². The summed E-state index contributed by atoms with van der Waals surface area (Å²) >= 11 is 19.1. The molecule has 0 fully saturated rings. The fourth-order valence-electron chi connectivity index (χ4n) is 3.47. The maximum Gasteiger partial charge on any atom is 0.326 e. The highest BCUT2D eigenvalue weighted by Gasteiger charge is 2.18. The Labute approximate surface area is 240 Å². The fraction of sp³-hybridized carbons (Fsp3) is 0.143. The molecule has 0 bridgehead atoms. The van der Waals surface area contributed by atoms with Gasteiger partial charge >= 0.3 is 10.0 Å². The van der Waals surface area contributed by atoms with Crippen molar-refractivity contribution < 1.29 is 19.3 Å². The summed E-state index contributed by atoms with van der Waals surface area (Å²) in [5.74, 6) is 1.96. The first-order valence-electron chi connectivity index (χ1n) is 10.7. The number of benzene rings is 1. The lowest BCUT2D eigenvalue weighted by molar-refractivity contribution is -0.380. The van der Waals surface area contributed by atoms with E-state index in [0.717, 1.165) is 39.7 Å². The highest BCUT2D eigenvalue weighted by Crippen LogP contribution is 2.36. The topological polar surface area (TPSA) is 168 Å². The second-order valence-corrected chi connectivity index (χ2v) is 10.7. The predicted molar refractivity (Wildman–Crippen MR) is 148 cm³/mol. The minimum absolute atomic E-state index is 0.00499. The lowest BCUT2D eigenvalue weighted by Gasteiger charge is -2.07. The summed E-state index contributed by atoms with van der Waals surface area (Å²) in [6.45, 7) is 0.817. The number of hydrogen-bond donors (Lipinski definition) is 1. The van der Waals surface area contributed by atoms with E-state index >= 15 is 0 Å². The lowest BCUT2D eigenvalue weighted by Crippen LogP contribution is -2.07. The van der Waals surface area contributed by atoms with E-state index in [1.165, 1.54) is 12.1 Å². The van der Waals surface area contributed by atoms with Gasteiger partial charge in [0.2, 0.25) is 17.4 Å². The molecule has 0 amide bonds. The molecule has 4 aromatic heterocycles. The van der Waals surface area contributed by atoms with Gasteiger partial charge in [-0.1, -0.05) is 17.7 Å². The molecule has 0 spiro atoms. The Morgan fingerprint density at radius 1 is 0.846 bits per heavy atom. The first-order chi connectivity index (χ1) is 18.7. The van der Waals surface area contributed by atoms with Crippen LogP contribution in [0.2, 0.25) is 15.7 Å². The number of thiophene rings is 2. The van der Waals surface area contributed by atoms with Crippen LogP contribution in [0, 0.1) is 20.2 Å². The van der Waals surface area contributed by atoms with Crippen LogP contribution in [0.5, 0.6) is 11.5 Å². The van der Waals surface area contributed by atoms with Crippen LogP contribution in [-0.4, -0.2) is 43.1 Å². The van der Waals surface area contributed by atoms with Gasteiger partial charge in [-0.15, -0.1) is 0 Å². The standard InChI is InChI=1S/C15H11ClN4O4S.C6HCl2N3O2S/c16-15-18-13(9-6-12(20(21)22)25-14(9)19-15)17-4-3-8-1-2-10-11(5-8)24-7-23-10;7-4-2-1-3(11(12)13)14-5(2)10-6(8)9-4/h1-2,5-6H,3-4,7H2,(H,17,18,19);1H. The summed E-state index contributed by atoms with van der Waals surface area (Å²) < 4.78 is 10.6. The maximum atomic E-state index is 11.0. The molecule has 0 unspecified atom stereocenters.